The Labute approximate surface area is 148 Å². The fraction of sp³-hybridized carbons (Fsp3) is 0.450. The van der Waals surface area contributed by atoms with Crippen LogP contribution in [0.25, 0.3) is 11.3 Å². The van der Waals surface area contributed by atoms with Gasteiger partial charge in [-0.2, -0.15) is 0 Å². The van der Waals surface area contributed by atoms with Gasteiger partial charge in [-0.3, -0.25) is 4.79 Å². The summed E-state index contributed by atoms with van der Waals surface area (Å²) in [6.07, 6.45) is 7.10. The van der Waals surface area contributed by atoms with Crippen molar-refractivity contribution in [1.29, 1.82) is 0 Å². The summed E-state index contributed by atoms with van der Waals surface area (Å²) in [6, 6.07) is 12.0. The van der Waals surface area contributed by atoms with Crippen molar-refractivity contribution in [1.82, 2.24) is 15.5 Å². The fourth-order valence-electron chi connectivity index (χ4n) is 3.73. The molecule has 0 radical (unpaired) electrons. The van der Waals surface area contributed by atoms with Crippen molar-refractivity contribution in [3.63, 3.8) is 0 Å². The number of nitrogens with one attached hydrogen (secondary N) is 1. The smallest absolute Gasteiger partial charge is 0.251 e. The number of amides is 1. The van der Waals surface area contributed by atoms with E-state index in [1.165, 1.54) is 25.7 Å². The zero-order valence-corrected chi connectivity index (χ0v) is 14.4. The van der Waals surface area contributed by atoms with Crippen molar-refractivity contribution in [2.24, 2.45) is 0 Å². The molecule has 1 aliphatic carbocycles. The van der Waals surface area contributed by atoms with Gasteiger partial charge in [-0.15, -0.1) is 10.2 Å². The van der Waals surface area contributed by atoms with E-state index in [-0.39, 0.29) is 5.91 Å². The van der Waals surface area contributed by atoms with E-state index >= 15 is 0 Å². The summed E-state index contributed by atoms with van der Waals surface area (Å²) in [5.41, 5.74) is 2.53. The number of rotatable bonds is 4. The molecule has 1 saturated heterocycles. The second-order valence-electron chi connectivity index (χ2n) is 7.00. The van der Waals surface area contributed by atoms with Crippen LogP contribution in [0, 0.1) is 0 Å². The molecule has 0 spiro atoms. The van der Waals surface area contributed by atoms with Gasteiger partial charge in [0.05, 0.1) is 5.69 Å². The molecule has 1 amide bonds. The van der Waals surface area contributed by atoms with Crippen molar-refractivity contribution in [3.05, 3.63) is 42.0 Å². The average molecular weight is 336 g/mol. The molecule has 5 heteroatoms. The van der Waals surface area contributed by atoms with Gasteiger partial charge in [-0.05, 0) is 49.9 Å². The third kappa shape index (κ3) is 3.65. The van der Waals surface area contributed by atoms with E-state index in [0.717, 1.165) is 43.0 Å². The standard InChI is InChI=1S/C20H24N4O/c25-20(21-17-5-1-2-6-17)16-9-7-15(8-10-16)18-11-12-19(23-22-18)24-13-3-4-14-24/h7-12,17H,1-6,13-14H2,(H,21,25). The molecule has 1 saturated carbocycles. The Morgan fingerprint density at radius 2 is 1.64 bits per heavy atom. The van der Waals surface area contributed by atoms with E-state index < -0.39 is 0 Å². The highest BCUT2D eigenvalue weighted by Gasteiger charge is 2.18. The van der Waals surface area contributed by atoms with E-state index in [9.17, 15) is 4.79 Å². The number of benzene rings is 1. The first kappa shape index (κ1) is 16.1. The third-order valence-corrected chi connectivity index (χ3v) is 5.21. The summed E-state index contributed by atoms with van der Waals surface area (Å²) in [7, 11) is 0. The molecule has 1 aromatic carbocycles. The second kappa shape index (κ2) is 7.21. The molecular formula is C20H24N4O. The lowest BCUT2D eigenvalue weighted by Crippen LogP contribution is -2.32. The molecule has 0 atom stereocenters. The van der Waals surface area contributed by atoms with Gasteiger partial charge in [0.2, 0.25) is 0 Å². The predicted octanol–water partition coefficient (Wildman–Crippen LogP) is 3.42. The molecule has 1 aromatic heterocycles. The highest BCUT2D eigenvalue weighted by Crippen LogP contribution is 2.22. The van der Waals surface area contributed by atoms with Gasteiger partial charge in [0, 0.05) is 30.3 Å². The molecular weight excluding hydrogens is 312 g/mol. The van der Waals surface area contributed by atoms with Crippen LogP contribution < -0.4 is 10.2 Å². The van der Waals surface area contributed by atoms with Crippen LogP contribution in [-0.2, 0) is 0 Å². The Bertz CT molecular complexity index is 714. The number of hydrogen-bond donors (Lipinski definition) is 1. The van der Waals surface area contributed by atoms with E-state index in [1.54, 1.807) is 0 Å². The highest BCUT2D eigenvalue weighted by atomic mass is 16.1. The monoisotopic (exact) mass is 336 g/mol. The summed E-state index contributed by atoms with van der Waals surface area (Å²) in [4.78, 5) is 14.6. The Morgan fingerprint density at radius 3 is 2.28 bits per heavy atom. The third-order valence-electron chi connectivity index (χ3n) is 5.21. The molecule has 130 valence electrons. The van der Waals surface area contributed by atoms with E-state index in [1.807, 2.05) is 36.4 Å². The molecule has 1 N–H and O–H groups in total. The van der Waals surface area contributed by atoms with Crippen molar-refractivity contribution in [3.8, 4) is 11.3 Å². The lowest BCUT2D eigenvalue weighted by atomic mass is 10.1. The molecule has 4 rings (SSSR count). The summed E-state index contributed by atoms with van der Waals surface area (Å²) < 4.78 is 0. The van der Waals surface area contributed by atoms with Gasteiger partial charge >= 0.3 is 0 Å². The van der Waals surface area contributed by atoms with Crippen LogP contribution in [0.3, 0.4) is 0 Å². The first-order valence-electron chi connectivity index (χ1n) is 9.29. The first-order chi connectivity index (χ1) is 12.3. The zero-order valence-electron chi connectivity index (χ0n) is 14.4. The van der Waals surface area contributed by atoms with E-state index in [0.29, 0.717) is 11.6 Å². The van der Waals surface area contributed by atoms with Gasteiger partial charge in [0.15, 0.2) is 5.82 Å². The Morgan fingerprint density at radius 1 is 0.920 bits per heavy atom. The Balaban J connectivity index is 1.43. The minimum atomic E-state index is 0.0221. The Hall–Kier alpha value is -2.43. The van der Waals surface area contributed by atoms with Crippen LogP contribution in [-0.4, -0.2) is 35.2 Å². The molecule has 2 aliphatic rings. The maximum atomic E-state index is 12.3. The molecule has 0 bridgehead atoms. The molecule has 0 unspecified atom stereocenters. The summed E-state index contributed by atoms with van der Waals surface area (Å²) in [5, 5.41) is 11.8. The number of nitrogens with zero attached hydrogens (tertiary/aromatic N) is 3. The van der Waals surface area contributed by atoms with Gasteiger partial charge in [0.1, 0.15) is 0 Å². The van der Waals surface area contributed by atoms with Crippen LogP contribution in [0.15, 0.2) is 36.4 Å². The summed E-state index contributed by atoms with van der Waals surface area (Å²) in [6.45, 7) is 2.14. The zero-order chi connectivity index (χ0) is 17.1. The predicted molar refractivity (Wildman–Crippen MR) is 98.6 cm³/mol. The van der Waals surface area contributed by atoms with Gasteiger partial charge < -0.3 is 10.2 Å². The molecule has 25 heavy (non-hydrogen) atoms. The minimum Gasteiger partial charge on any atom is -0.355 e. The number of hydrogen-bond acceptors (Lipinski definition) is 4. The molecule has 2 fully saturated rings. The van der Waals surface area contributed by atoms with Crippen molar-refractivity contribution >= 4 is 11.7 Å². The number of carbonyl (C=O) groups excluding carboxylic acids is 1. The second-order valence-corrected chi connectivity index (χ2v) is 7.00. The SMILES string of the molecule is O=C(NC1CCCC1)c1ccc(-c2ccc(N3CCCC3)nn2)cc1. The van der Waals surface area contributed by atoms with Gasteiger partial charge in [-0.1, -0.05) is 25.0 Å². The largest absolute Gasteiger partial charge is 0.355 e. The number of aromatic nitrogens is 2. The maximum Gasteiger partial charge on any atom is 0.251 e. The average Bonchev–Trinajstić information content (AvgIpc) is 3.36. The molecule has 2 aromatic rings. The normalized spacial score (nSPS) is 17.8. The lowest BCUT2D eigenvalue weighted by Gasteiger charge is -2.15. The topological polar surface area (TPSA) is 58.1 Å². The van der Waals surface area contributed by atoms with Crippen LogP contribution in [0.1, 0.15) is 48.9 Å². The molecule has 1 aliphatic heterocycles. The summed E-state index contributed by atoms with van der Waals surface area (Å²) in [5.74, 6) is 0.975. The van der Waals surface area contributed by atoms with Crippen LogP contribution >= 0.6 is 0 Å². The molecule has 5 nitrogen and oxygen atoms in total. The van der Waals surface area contributed by atoms with Crippen LogP contribution in [0.4, 0.5) is 5.82 Å². The van der Waals surface area contributed by atoms with E-state index in [2.05, 4.69) is 20.4 Å². The van der Waals surface area contributed by atoms with Gasteiger partial charge in [0.25, 0.3) is 5.91 Å². The highest BCUT2D eigenvalue weighted by molar-refractivity contribution is 5.94. The summed E-state index contributed by atoms with van der Waals surface area (Å²) >= 11 is 0. The maximum absolute atomic E-state index is 12.3. The number of carbonyl (C=O) groups is 1. The van der Waals surface area contributed by atoms with Gasteiger partial charge in [-0.25, -0.2) is 0 Å². The fourth-order valence-corrected chi connectivity index (χ4v) is 3.73. The van der Waals surface area contributed by atoms with Crippen molar-refractivity contribution in [2.75, 3.05) is 18.0 Å². The van der Waals surface area contributed by atoms with Crippen molar-refractivity contribution in [2.45, 2.75) is 44.6 Å². The van der Waals surface area contributed by atoms with Crippen molar-refractivity contribution < 1.29 is 4.79 Å². The Kier molecular flexibility index (Phi) is 4.63. The van der Waals surface area contributed by atoms with E-state index in [4.69, 9.17) is 0 Å². The lowest BCUT2D eigenvalue weighted by molar-refractivity contribution is 0.0938. The van der Waals surface area contributed by atoms with Crippen LogP contribution in [0.5, 0.6) is 0 Å². The molecule has 2 heterocycles. The first-order valence-corrected chi connectivity index (χ1v) is 9.29. The number of anilines is 1. The van der Waals surface area contributed by atoms with Crippen LogP contribution in [0.2, 0.25) is 0 Å². The quantitative estimate of drug-likeness (QED) is 0.929. The minimum absolute atomic E-state index is 0.0221.